The van der Waals surface area contributed by atoms with Gasteiger partial charge in [-0.15, -0.1) is 0 Å². The third kappa shape index (κ3) is 2.91. The first kappa shape index (κ1) is 12.9. The fourth-order valence-electron chi connectivity index (χ4n) is 1.71. The van der Waals surface area contributed by atoms with Crippen molar-refractivity contribution in [1.29, 1.82) is 0 Å². The highest BCUT2D eigenvalue weighted by Crippen LogP contribution is 2.40. The lowest BCUT2D eigenvalue weighted by atomic mass is 10.1. The Hall–Kier alpha value is -0.153. The van der Waals surface area contributed by atoms with Gasteiger partial charge in [0, 0.05) is 12.8 Å². The van der Waals surface area contributed by atoms with Crippen LogP contribution in [0.25, 0.3) is 0 Å². The normalized spacial score (nSPS) is 28.5. The third-order valence-electron chi connectivity index (χ3n) is 3.87. The van der Waals surface area contributed by atoms with Gasteiger partial charge in [-0.05, 0) is 24.1 Å². The Morgan fingerprint density at radius 2 is 1.80 bits per heavy atom. The molecule has 0 amide bonds. The van der Waals surface area contributed by atoms with E-state index in [0.717, 1.165) is 0 Å². The van der Waals surface area contributed by atoms with Gasteiger partial charge in [-0.3, -0.25) is 4.79 Å². The molecular formula is C12H24O2Si. The predicted molar refractivity (Wildman–Crippen MR) is 65.5 cm³/mol. The molecular weight excluding hydrogens is 204 g/mol. The van der Waals surface area contributed by atoms with Gasteiger partial charge in [0.1, 0.15) is 5.78 Å². The van der Waals surface area contributed by atoms with Crippen molar-refractivity contribution in [2.75, 3.05) is 0 Å². The Kier molecular flexibility index (Phi) is 3.46. The molecule has 0 aromatic heterocycles. The number of hydrogen-bond donors (Lipinski definition) is 0. The summed E-state index contributed by atoms with van der Waals surface area (Å²) >= 11 is 0. The lowest BCUT2D eigenvalue weighted by molar-refractivity contribution is -0.117. The molecule has 0 aromatic rings. The fraction of sp³-hybridized carbons (Fsp3) is 0.917. The topological polar surface area (TPSA) is 26.3 Å². The van der Waals surface area contributed by atoms with Crippen LogP contribution in [-0.2, 0) is 9.22 Å². The number of rotatable bonds is 2. The molecule has 2 nitrogen and oxygen atoms in total. The molecule has 3 heteroatoms. The van der Waals surface area contributed by atoms with Gasteiger partial charge in [-0.1, -0.05) is 27.7 Å². The minimum Gasteiger partial charge on any atom is -0.413 e. The maximum atomic E-state index is 11.3. The van der Waals surface area contributed by atoms with Gasteiger partial charge in [0.15, 0.2) is 8.32 Å². The largest absolute Gasteiger partial charge is 0.413 e. The van der Waals surface area contributed by atoms with Crippen LogP contribution < -0.4 is 0 Å². The molecule has 0 aliphatic heterocycles. The van der Waals surface area contributed by atoms with E-state index < -0.39 is 8.32 Å². The lowest BCUT2D eigenvalue weighted by Crippen LogP contribution is -2.44. The van der Waals surface area contributed by atoms with Gasteiger partial charge in [0.05, 0.1) is 6.10 Å². The number of hydrogen-bond acceptors (Lipinski definition) is 2. The van der Waals surface area contributed by atoms with Crippen LogP contribution in [0.15, 0.2) is 0 Å². The van der Waals surface area contributed by atoms with Crippen LogP contribution in [0.2, 0.25) is 18.1 Å². The van der Waals surface area contributed by atoms with Crippen molar-refractivity contribution < 1.29 is 9.22 Å². The van der Waals surface area contributed by atoms with Crippen LogP contribution >= 0.6 is 0 Å². The molecule has 1 rings (SSSR count). The highest BCUT2D eigenvalue weighted by molar-refractivity contribution is 6.74. The molecule has 0 aromatic carbocycles. The molecule has 1 fully saturated rings. The predicted octanol–water partition coefficient (Wildman–Crippen LogP) is 3.38. The standard InChI is InChI=1S/C12H24O2Si/c1-9-7-10(13)8-11(9)14-15(5,6)12(2,3)4/h9,11H,7-8H2,1-6H3/t9-,11-/m0/s1. The van der Waals surface area contributed by atoms with E-state index in [9.17, 15) is 4.79 Å². The molecule has 0 heterocycles. The zero-order valence-electron chi connectivity index (χ0n) is 10.9. The first-order valence-electron chi connectivity index (χ1n) is 5.83. The molecule has 15 heavy (non-hydrogen) atoms. The van der Waals surface area contributed by atoms with E-state index in [1.807, 2.05) is 0 Å². The fourth-order valence-corrected chi connectivity index (χ4v) is 3.14. The summed E-state index contributed by atoms with van der Waals surface area (Å²) in [6.07, 6.45) is 1.52. The van der Waals surface area contributed by atoms with E-state index in [-0.39, 0.29) is 11.1 Å². The van der Waals surface area contributed by atoms with Crippen molar-refractivity contribution in [3.63, 3.8) is 0 Å². The van der Waals surface area contributed by atoms with Crippen molar-refractivity contribution in [3.05, 3.63) is 0 Å². The molecule has 1 saturated carbocycles. The van der Waals surface area contributed by atoms with E-state index in [1.165, 1.54) is 0 Å². The molecule has 2 atom stereocenters. The molecule has 1 aliphatic carbocycles. The van der Waals surface area contributed by atoms with Crippen LogP contribution in [0.3, 0.4) is 0 Å². The molecule has 0 radical (unpaired) electrons. The molecule has 0 N–H and O–H groups in total. The van der Waals surface area contributed by atoms with E-state index in [2.05, 4.69) is 40.8 Å². The number of carbonyl (C=O) groups excluding carboxylic acids is 1. The second kappa shape index (κ2) is 4.02. The summed E-state index contributed by atoms with van der Waals surface area (Å²) in [5.41, 5.74) is 0. The van der Waals surface area contributed by atoms with Crippen molar-refractivity contribution in [2.45, 2.75) is 64.8 Å². The van der Waals surface area contributed by atoms with E-state index >= 15 is 0 Å². The minimum absolute atomic E-state index is 0.179. The summed E-state index contributed by atoms with van der Waals surface area (Å²) in [5, 5.41) is 0.234. The van der Waals surface area contributed by atoms with E-state index in [1.54, 1.807) is 0 Å². The van der Waals surface area contributed by atoms with Crippen molar-refractivity contribution in [3.8, 4) is 0 Å². The Morgan fingerprint density at radius 3 is 2.13 bits per heavy atom. The third-order valence-corrected chi connectivity index (χ3v) is 8.37. The van der Waals surface area contributed by atoms with Crippen LogP contribution in [0, 0.1) is 5.92 Å². The lowest BCUT2D eigenvalue weighted by Gasteiger charge is -2.39. The smallest absolute Gasteiger partial charge is 0.192 e. The van der Waals surface area contributed by atoms with Crippen LogP contribution in [0.4, 0.5) is 0 Å². The first-order valence-corrected chi connectivity index (χ1v) is 8.74. The number of ketones is 1. The molecule has 0 bridgehead atoms. The molecule has 88 valence electrons. The van der Waals surface area contributed by atoms with Crippen LogP contribution in [0.5, 0.6) is 0 Å². The first-order chi connectivity index (χ1) is 6.63. The molecule has 0 spiro atoms. The van der Waals surface area contributed by atoms with Gasteiger partial charge >= 0.3 is 0 Å². The van der Waals surface area contributed by atoms with Gasteiger partial charge < -0.3 is 4.43 Å². The van der Waals surface area contributed by atoms with Gasteiger partial charge in [0.25, 0.3) is 0 Å². The van der Waals surface area contributed by atoms with Crippen molar-refractivity contribution in [2.24, 2.45) is 5.92 Å². The van der Waals surface area contributed by atoms with Crippen molar-refractivity contribution >= 4 is 14.1 Å². The average Bonchev–Trinajstić information content (AvgIpc) is 2.26. The summed E-state index contributed by atoms with van der Waals surface area (Å²) in [6.45, 7) is 13.3. The Labute approximate surface area is 94.5 Å². The minimum atomic E-state index is -1.69. The van der Waals surface area contributed by atoms with Gasteiger partial charge in [-0.25, -0.2) is 0 Å². The summed E-state index contributed by atoms with van der Waals surface area (Å²) in [4.78, 5) is 11.3. The zero-order chi connectivity index (χ0) is 11.9. The van der Waals surface area contributed by atoms with E-state index in [4.69, 9.17) is 4.43 Å². The SMILES string of the molecule is C[C@H]1CC(=O)C[C@@H]1O[Si](C)(C)C(C)(C)C. The van der Waals surface area contributed by atoms with E-state index in [0.29, 0.717) is 24.5 Å². The maximum Gasteiger partial charge on any atom is 0.192 e. The molecule has 0 unspecified atom stereocenters. The number of Topliss-reactive ketones (excluding diaryl/α,β-unsaturated/α-hetero) is 1. The quantitative estimate of drug-likeness (QED) is 0.677. The second-order valence-corrected chi connectivity index (χ2v) is 11.1. The van der Waals surface area contributed by atoms with Gasteiger partial charge in [0.2, 0.25) is 0 Å². The summed E-state index contributed by atoms with van der Waals surface area (Å²) < 4.78 is 6.26. The van der Waals surface area contributed by atoms with Gasteiger partial charge in [-0.2, -0.15) is 0 Å². The Morgan fingerprint density at radius 1 is 1.27 bits per heavy atom. The second-order valence-electron chi connectivity index (χ2n) is 6.34. The number of carbonyl (C=O) groups is 1. The summed E-state index contributed by atoms with van der Waals surface area (Å²) in [6, 6.07) is 0. The zero-order valence-corrected chi connectivity index (χ0v) is 11.9. The monoisotopic (exact) mass is 228 g/mol. The summed E-state index contributed by atoms with van der Waals surface area (Å²) in [5.74, 6) is 0.776. The highest BCUT2D eigenvalue weighted by Gasteiger charge is 2.42. The van der Waals surface area contributed by atoms with Crippen molar-refractivity contribution in [1.82, 2.24) is 0 Å². The Bertz CT molecular complexity index is 253. The maximum absolute atomic E-state index is 11.3. The molecule has 1 aliphatic rings. The highest BCUT2D eigenvalue weighted by atomic mass is 28.4. The average molecular weight is 228 g/mol. The molecule has 0 saturated heterocycles. The summed E-state index contributed by atoms with van der Waals surface area (Å²) in [7, 11) is -1.69. The Balaban J connectivity index is 2.66. The van der Waals surface area contributed by atoms with Crippen LogP contribution in [-0.4, -0.2) is 20.2 Å². The van der Waals surface area contributed by atoms with Crippen LogP contribution in [0.1, 0.15) is 40.5 Å².